The van der Waals surface area contributed by atoms with Crippen molar-refractivity contribution in [2.75, 3.05) is 59.1 Å². The van der Waals surface area contributed by atoms with Crippen LogP contribution in [0.2, 0.25) is 5.02 Å². The molecule has 2 aliphatic rings. The van der Waals surface area contributed by atoms with E-state index in [9.17, 15) is 26.4 Å². The van der Waals surface area contributed by atoms with Crippen LogP contribution in [-0.2, 0) is 22.7 Å². The lowest BCUT2D eigenvalue weighted by molar-refractivity contribution is -0.137. The van der Waals surface area contributed by atoms with Crippen molar-refractivity contribution in [2.24, 2.45) is 5.92 Å². The Morgan fingerprint density at radius 1 is 0.974 bits per heavy atom. The van der Waals surface area contributed by atoms with Crippen LogP contribution in [0.15, 0.2) is 48.5 Å². The molecule has 2 fully saturated rings. The molecular formula is C26H32ClF3N4O3S. The van der Waals surface area contributed by atoms with Crippen molar-refractivity contribution in [1.82, 2.24) is 19.0 Å². The molecule has 4 rings (SSSR count). The topological polar surface area (TPSA) is 64.2 Å². The maximum Gasteiger partial charge on any atom is 0.416 e. The van der Waals surface area contributed by atoms with Crippen molar-refractivity contribution in [3.63, 3.8) is 0 Å². The van der Waals surface area contributed by atoms with Gasteiger partial charge in [-0.25, -0.2) is 13.2 Å². The van der Waals surface area contributed by atoms with Crippen LogP contribution in [0.5, 0.6) is 0 Å². The number of sulfonamides is 1. The molecule has 7 nitrogen and oxygen atoms in total. The van der Waals surface area contributed by atoms with Crippen LogP contribution < -0.4 is 0 Å². The van der Waals surface area contributed by atoms with Crippen LogP contribution in [0.4, 0.5) is 18.0 Å². The van der Waals surface area contributed by atoms with Gasteiger partial charge in [-0.2, -0.15) is 17.5 Å². The Kier molecular flexibility index (Phi) is 8.61. The summed E-state index contributed by atoms with van der Waals surface area (Å²) in [7, 11) is -1.37. The number of carbonyl (C=O) groups is 1. The minimum atomic E-state index is -4.37. The maximum absolute atomic E-state index is 13.4. The molecule has 2 amide bonds. The first-order chi connectivity index (χ1) is 17.8. The first-order valence-corrected chi connectivity index (χ1v) is 14.6. The summed E-state index contributed by atoms with van der Waals surface area (Å²) in [5.41, 5.74) is 1.17. The molecule has 0 spiro atoms. The van der Waals surface area contributed by atoms with Crippen molar-refractivity contribution in [1.29, 1.82) is 0 Å². The minimum absolute atomic E-state index is 0.0589. The largest absolute Gasteiger partial charge is 0.416 e. The second kappa shape index (κ2) is 11.4. The van der Waals surface area contributed by atoms with Crippen molar-refractivity contribution < 1.29 is 26.4 Å². The highest BCUT2D eigenvalue weighted by molar-refractivity contribution is 7.88. The molecule has 0 bridgehead atoms. The number of hydrogen-bond donors (Lipinski definition) is 0. The van der Waals surface area contributed by atoms with Crippen molar-refractivity contribution >= 4 is 27.7 Å². The molecule has 0 aromatic heterocycles. The van der Waals surface area contributed by atoms with Gasteiger partial charge >= 0.3 is 12.2 Å². The van der Waals surface area contributed by atoms with E-state index in [0.717, 1.165) is 23.3 Å². The molecule has 2 atom stereocenters. The van der Waals surface area contributed by atoms with Crippen LogP contribution in [-0.4, -0.2) is 92.6 Å². The number of piperazine rings is 1. The molecule has 2 saturated heterocycles. The van der Waals surface area contributed by atoms with Gasteiger partial charge in [0.15, 0.2) is 0 Å². The first-order valence-electron chi connectivity index (χ1n) is 12.4. The van der Waals surface area contributed by atoms with Crippen LogP contribution >= 0.6 is 11.6 Å². The summed E-state index contributed by atoms with van der Waals surface area (Å²) < 4.78 is 63.8. The van der Waals surface area contributed by atoms with Gasteiger partial charge in [-0.05, 0) is 48.4 Å². The summed E-state index contributed by atoms with van der Waals surface area (Å²) in [4.78, 5) is 19.0. The Morgan fingerprint density at radius 2 is 1.58 bits per heavy atom. The van der Waals surface area contributed by atoms with E-state index in [0.29, 0.717) is 44.3 Å². The maximum atomic E-state index is 13.4. The van der Waals surface area contributed by atoms with Crippen molar-refractivity contribution in [3.05, 3.63) is 70.2 Å². The van der Waals surface area contributed by atoms with Gasteiger partial charge < -0.3 is 14.7 Å². The van der Waals surface area contributed by atoms with E-state index in [1.54, 1.807) is 4.90 Å². The number of nitrogens with zero attached hydrogens (tertiary/aromatic N) is 4. The SMILES string of the molecule is CN(Cc1ccc(C(F)(F)F)cc1)CC1CN(C(=O)N2CCN(S(C)(=O)=O)CC2)C[C@@H]1c1ccc(Cl)cc1. The molecule has 12 heteroatoms. The highest BCUT2D eigenvalue weighted by atomic mass is 35.5. The van der Waals surface area contributed by atoms with E-state index >= 15 is 0 Å². The molecule has 2 aromatic rings. The summed E-state index contributed by atoms with van der Waals surface area (Å²) in [5.74, 6) is 0.153. The van der Waals surface area contributed by atoms with E-state index in [4.69, 9.17) is 11.6 Å². The lowest BCUT2D eigenvalue weighted by atomic mass is 9.88. The Balaban J connectivity index is 1.44. The zero-order valence-corrected chi connectivity index (χ0v) is 22.9. The third-order valence-electron chi connectivity index (χ3n) is 7.27. The normalized spacial score (nSPS) is 21.3. The fraction of sp³-hybridized carbons (Fsp3) is 0.500. The van der Waals surface area contributed by atoms with Crippen LogP contribution in [0, 0.1) is 5.92 Å². The molecule has 2 aliphatic heterocycles. The molecule has 0 saturated carbocycles. The Morgan fingerprint density at radius 3 is 2.13 bits per heavy atom. The Bertz CT molecular complexity index is 1220. The van der Waals surface area contributed by atoms with E-state index < -0.39 is 21.8 Å². The lowest BCUT2D eigenvalue weighted by Crippen LogP contribution is -2.53. The molecule has 2 aromatic carbocycles. The van der Waals surface area contributed by atoms with Gasteiger partial charge in [0.1, 0.15) is 0 Å². The van der Waals surface area contributed by atoms with Crippen molar-refractivity contribution in [2.45, 2.75) is 18.6 Å². The number of carbonyl (C=O) groups excluding carboxylic acids is 1. The smallest absolute Gasteiger partial charge is 0.324 e. The second-order valence-corrected chi connectivity index (χ2v) is 12.6. The number of benzene rings is 2. The molecule has 2 heterocycles. The molecular weight excluding hydrogens is 541 g/mol. The Labute approximate surface area is 226 Å². The van der Waals surface area contributed by atoms with E-state index in [2.05, 4.69) is 4.90 Å². The number of amides is 2. The molecule has 0 N–H and O–H groups in total. The summed E-state index contributed by atoms with van der Waals surface area (Å²) in [5, 5.41) is 0.624. The fourth-order valence-corrected chi connectivity index (χ4v) is 6.24. The summed E-state index contributed by atoms with van der Waals surface area (Å²) >= 11 is 6.10. The van der Waals surface area contributed by atoms with Gasteiger partial charge in [0.2, 0.25) is 10.0 Å². The van der Waals surface area contributed by atoms with Gasteiger partial charge in [0, 0.05) is 63.3 Å². The number of halogens is 4. The minimum Gasteiger partial charge on any atom is -0.324 e. The van der Waals surface area contributed by atoms with Crippen LogP contribution in [0.25, 0.3) is 0 Å². The van der Waals surface area contributed by atoms with Gasteiger partial charge in [-0.15, -0.1) is 0 Å². The number of rotatable bonds is 6. The number of alkyl halides is 3. The number of hydrogen-bond acceptors (Lipinski definition) is 4. The van der Waals surface area contributed by atoms with Crippen LogP contribution in [0.3, 0.4) is 0 Å². The van der Waals surface area contributed by atoms with E-state index in [1.165, 1.54) is 22.7 Å². The molecule has 0 aliphatic carbocycles. The zero-order valence-electron chi connectivity index (χ0n) is 21.4. The third kappa shape index (κ3) is 6.99. The number of urea groups is 1. The predicted molar refractivity (Wildman–Crippen MR) is 140 cm³/mol. The predicted octanol–water partition coefficient (Wildman–Crippen LogP) is 4.20. The summed E-state index contributed by atoms with van der Waals surface area (Å²) in [6.45, 7) is 3.39. The number of likely N-dealkylation sites (tertiary alicyclic amines) is 1. The first kappa shape index (κ1) is 28.7. The molecule has 208 valence electrons. The summed E-state index contributed by atoms with van der Waals surface area (Å²) in [6.07, 6.45) is -3.19. The van der Waals surface area contributed by atoms with E-state index in [-0.39, 0.29) is 31.0 Å². The molecule has 1 unspecified atom stereocenters. The standard InChI is InChI=1S/C26H32ClF3N4O3S/c1-31(15-19-3-7-22(8-4-19)26(28,29)30)16-21-17-33(18-24(21)20-5-9-23(27)10-6-20)25(35)32-11-13-34(14-12-32)38(2,36)37/h3-10,21,24H,11-18H2,1-2H3/t21?,24-/m1/s1. The van der Waals surface area contributed by atoms with Gasteiger partial charge in [0.05, 0.1) is 11.8 Å². The van der Waals surface area contributed by atoms with Gasteiger partial charge in [0.25, 0.3) is 0 Å². The quantitative estimate of drug-likeness (QED) is 0.520. The third-order valence-corrected chi connectivity index (χ3v) is 8.82. The monoisotopic (exact) mass is 572 g/mol. The van der Waals surface area contributed by atoms with Crippen molar-refractivity contribution in [3.8, 4) is 0 Å². The zero-order chi connectivity index (χ0) is 27.7. The molecule has 38 heavy (non-hydrogen) atoms. The Hall–Kier alpha value is -2.34. The summed E-state index contributed by atoms with van der Waals surface area (Å²) in [6, 6.07) is 12.7. The molecule has 0 radical (unpaired) electrons. The van der Waals surface area contributed by atoms with Gasteiger partial charge in [-0.1, -0.05) is 35.9 Å². The average molecular weight is 573 g/mol. The fourth-order valence-electron chi connectivity index (χ4n) is 5.29. The van der Waals surface area contributed by atoms with Gasteiger partial charge in [-0.3, -0.25) is 0 Å². The van der Waals surface area contributed by atoms with E-state index in [1.807, 2.05) is 36.2 Å². The second-order valence-electron chi connectivity index (χ2n) is 10.1. The highest BCUT2D eigenvalue weighted by Gasteiger charge is 2.39. The van der Waals surface area contributed by atoms with Crippen LogP contribution in [0.1, 0.15) is 22.6 Å². The highest BCUT2D eigenvalue weighted by Crippen LogP contribution is 2.35. The lowest BCUT2D eigenvalue weighted by Gasteiger charge is -2.35. The average Bonchev–Trinajstić information content (AvgIpc) is 3.26.